The first-order valence-electron chi connectivity index (χ1n) is 3.24. The number of H-pyrrole nitrogens is 1. The Morgan fingerprint density at radius 3 is 1.64 bits per heavy atom. The topological polar surface area (TPSA) is 109 Å². The molecular weight excluding hydrogens is 241 g/mol. The van der Waals surface area contributed by atoms with Crippen molar-refractivity contribution in [2.45, 2.75) is 13.8 Å². The molecule has 0 aromatic carbocycles. The van der Waals surface area contributed by atoms with Crippen LogP contribution >= 0.6 is 0 Å². The SMILES string of the molecule is CC(=O)[O-].CC(=O)[O-].[Zn+2].c1c[nH]cn1. The third kappa shape index (κ3) is 72.3. The van der Waals surface area contributed by atoms with E-state index >= 15 is 0 Å². The Kier molecular flexibility index (Phi) is 18.9. The van der Waals surface area contributed by atoms with Crippen molar-refractivity contribution in [1.82, 2.24) is 9.97 Å². The minimum atomic E-state index is -1.08. The summed E-state index contributed by atoms with van der Waals surface area (Å²) in [6.45, 7) is 1.94. The van der Waals surface area contributed by atoms with Crippen molar-refractivity contribution in [1.29, 1.82) is 0 Å². The molecule has 0 aliphatic heterocycles. The van der Waals surface area contributed by atoms with Crippen LogP contribution in [0.15, 0.2) is 18.7 Å². The van der Waals surface area contributed by atoms with E-state index in [0.29, 0.717) is 0 Å². The number of hydrogen-bond acceptors (Lipinski definition) is 5. The molecule has 0 saturated carbocycles. The number of carbonyl (C=O) groups excluding carboxylic acids is 2. The van der Waals surface area contributed by atoms with Gasteiger partial charge >= 0.3 is 19.5 Å². The first-order chi connectivity index (χ1) is 5.96. The molecule has 0 radical (unpaired) electrons. The molecule has 0 unspecified atom stereocenters. The Balaban J connectivity index is -0.000000127. The first-order valence-corrected chi connectivity index (χ1v) is 3.24. The number of carboxylic acid groups (broad SMARTS) is 2. The van der Waals surface area contributed by atoms with Gasteiger partial charge in [-0.15, -0.1) is 0 Å². The molecule has 0 amide bonds. The molecule has 1 aromatic rings. The fourth-order valence-corrected chi connectivity index (χ4v) is 0.215. The summed E-state index contributed by atoms with van der Waals surface area (Å²) in [7, 11) is 0. The number of nitrogens with one attached hydrogen (secondary N) is 1. The van der Waals surface area contributed by atoms with E-state index in [-0.39, 0.29) is 19.5 Å². The van der Waals surface area contributed by atoms with E-state index in [9.17, 15) is 0 Å². The zero-order valence-electron chi connectivity index (χ0n) is 8.02. The van der Waals surface area contributed by atoms with Gasteiger partial charge in [0.2, 0.25) is 0 Å². The average Bonchev–Trinajstić information content (AvgIpc) is 2.35. The normalized spacial score (nSPS) is 6.43. The van der Waals surface area contributed by atoms with Gasteiger partial charge in [0, 0.05) is 24.3 Å². The summed E-state index contributed by atoms with van der Waals surface area (Å²) in [6, 6.07) is 0. The molecule has 1 heterocycles. The zero-order valence-corrected chi connectivity index (χ0v) is 11.0. The molecular formula is C7H10N2O4Zn. The molecule has 0 aliphatic rings. The number of carboxylic acids is 2. The van der Waals surface area contributed by atoms with E-state index in [1.165, 1.54) is 0 Å². The van der Waals surface area contributed by atoms with E-state index in [2.05, 4.69) is 9.97 Å². The van der Waals surface area contributed by atoms with Crippen LogP contribution in [0.1, 0.15) is 13.8 Å². The molecule has 6 nitrogen and oxygen atoms in total. The predicted molar refractivity (Wildman–Crippen MR) is 39.9 cm³/mol. The van der Waals surface area contributed by atoms with Crippen molar-refractivity contribution >= 4 is 11.9 Å². The van der Waals surface area contributed by atoms with Gasteiger partial charge in [-0.3, -0.25) is 0 Å². The molecule has 0 atom stereocenters. The number of imidazole rings is 1. The molecule has 0 aliphatic carbocycles. The van der Waals surface area contributed by atoms with Crippen molar-refractivity contribution < 1.29 is 39.3 Å². The van der Waals surface area contributed by atoms with Gasteiger partial charge in [-0.2, -0.15) is 0 Å². The van der Waals surface area contributed by atoms with Gasteiger partial charge in [-0.05, 0) is 13.8 Å². The quantitative estimate of drug-likeness (QED) is 0.532. The summed E-state index contributed by atoms with van der Waals surface area (Å²) >= 11 is 0. The van der Waals surface area contributed by atoms with Crippen molar-refractivity contribution in [3.05, 3.63) is 18.7 Å². The number of aromatic nitrogens is 2. The first kappa shape index (κ1) is 18.5. The van der Waals surface area contributed by atoms with E-state index in [1.54, 1.807) is 18.7 Å². The van der Waals surface area contributed by atoms with Gasteiger partial charge in [0.15, 0.2) is 0 Å². The van der Waals surface area contributed by atoms with Crippen LogP contribution < -0.4 is 10.2 Å². The molecule has 0 fully saturated rings. The van der Waals surface area contributed by atoms with Crippen LogP contribution in [0.2, 0.25) is 0 Å². The van der Waals surface area contributed by atoms with Crippen LogP contribution in [0.3, 0.4) is 0 Å². The number of rotatable bonds is 0. The molecule has 0 bridgehead atoms. The molecule has 7 heteroatoms. The van der Waals surface area contributed by atoms with Crippen molar-refractivity contribution in [3.8, 4) is 0 Å². The second-order valence-corrected chi connectivity index (χ2v) is 1.74. The predicted octanol–water partition coefficient (Wildman–Crippen LogP) is -2.08. The standard InChI is InChI=1S/C3H4N2.2C2H4O2.Zn/c1-2-5-3-4-1;2*1-2(3)4;/h1-3H,(H,4,5);2*1H3,(H,3,4);/q;;;+2/p-2. The van der Waals surface area contributed by atoms with Crippen LogP contribution in [-0.4, -0.2) is 21.9 Å². The van der Waals surface area contributed by atoms with Gasteiger partial charge in [0.25, 0.3) is 0 Å². The zero-order chi connectivity index (χ0) is 10.7. The van der Waals surface area contributed by atoms with E-state index in [1.807, 2.05) is 0 Å². The fraction of sp³-hybridized carbons (Fsp3) is 0.286. The molecule has 0 saturated heterocycles. The van der Waals surface area contributed by atoms with Crippen LogP contribution in [0, 0.1) is 0 Å². The Bertz CT molecular complexity index is 188. The second-order valence-electron chi connectivity index (χ2n) is 1.74. The van der Waals surface area contributed by atoms with Crippen LogP contribution in [0.5, 0.6) is 0 Å². The average molecular weight is 252 g/mol. The molecule has 14 heavy (non-hydrogen) atoms. The molecule has 1 rings (SSSR count). The number of nitrogens with zero attached hydrogens (tertiary/aromatic N) is 1. The smallest absolute Gasteiger partial charge is 0.550 e. The van der Waals surface area contributed by atoms with E-state index in [0.717, 1.165) is 13.8 Å². The molecule has 0 spiro atoms. The number of aliphatic carboxylic acids is 2. The number of carbonyl (C=O) groups is 2. The largest absolute Gasteiger partial charge is 2.00 e. The monoisotopic (exact) mass is 250 g/mol. The maximum Gasteiger partial charge on any atom is 2.00 e. The minimum Gasteiger partial charge on any atom is -0.550 e. The van der Waals surface area contributed by atoms with Gasteiger partial charge in [0.1, 0.15) is 0 Å². The van der Waals surface area contributed by atoms with Crippen molar-refractivity contribution in [2.24, 2.45) is 0 Å². The summed E-state index contributed by atoms with van der Waals surface area (Å²) in [6.07, 6.45) is 5.08. The second kappa shape index (κ2) is 14.3. The van der Waals surface area contributed by atoms with Gasteiger partial charge in [-0.1, -0.05) is 0 Å². The van der Waals surface area contributed by atoms with Crippen LogP contribution in [0.25, 0.3) is 0 Å². The Labute approximate surface area is 94.1 Å². The van der Waals surface area contributed by atoms with E-state index < -0.39 is 11.9 Å². The van der Waals surface area contributed by atoms with Gasteiger partial charge in [0.05, 0.1) is 6.33 Å². The van der Waals surface area contributed by atoms with Crippen molar-refractivity contribution in [3.63, 3.8) is 0 Å². The maximum absolute atomic E-state index is 8.89. The number of aromatic amines is 1. The summed E-state index contributed by atoms with van der Waals surface area (Å²) in [5, 5.41) is 17.8. The third-order valence-corrected chi connectivity index (χ3v) is 0.406. The van der Waals surface area contributed by atoms with Crippen LogP contribution in [0.4, 0.5) is 0 Å². The molecule has 1 N–H and O–H groups in total. The summed E-state index contributed by atoms with van der Waals surface area (Å²) in [4.78, 5) is 24.2. The van der Waals surface area contributed by atoms with E-state index in [4.69, 9.17) is 19.8 Å². The maximum atomic E-state index is 8.89. The molecule has 1 aromatic heterocycles. The fourth-order valence-electron chi connectivity index (χ4n) is 0.215. The summed E-state index contributed by atoms with van der Waals surface area (Å²) in [5.41, 5.74) is 0. The van der Waals surface area contributed by atoms with Gasteiger partial charge < -0.3 is 24.8 Å². The van der Waals surface area contributed by atoms with Gasteiger partial charge in [-0.25, -0.2) is 4.98 Å². The van der Waals surface area contributed by atoms with Crippen molar-refractivity contribution in [2.75, 3.05) is 0 Å². The molecule has 74 valence electrons. The summed E-state index contributed by atoms with van der Waals surface area (Å²) < 4.78 is 0. The Morgan fingerprint density at radius 2 is 1.57 bits per heavy atom. The third-order valence-electron chi connectivity index (χ3n) is 0.406. The van der Waals surface area contributed by atoms with Crippen LogP contribution in [-0.2, 0) is 29.1 Å². The minimum absolute atomic E-state index is 0. The Morgan fingerprint density at radius 1 is 1.21 bits per heavy atom. The Hall–Kier alpha value is -1.23. The summed E-state index contributed by atoms with van der Waals surface area (Å²) in [5.74, 6) is -2.17. The number of hydrogen-bond donors (Lipinski definition) is 1.